The van der Waals surface area contributed by atoms with Crippen LogP contribution in [0.1, 0.15) is 33.3 Å². The number of nitrogens with zero attached hydrogens (tertiary/aromatic N) is 1. The van der Waals surface area contributed by atoms with Crippen molar-refractivity contribution < 1.29 is 14.3 Å². The molecule has 36 heavy (non-hydrogen) atoms. The number of rotatable bonds is 12. The van der Waals surface area contributed by atoms with Crippen LogP contribution in [-0.4, -0.2) is 49.4 Å². The fraction of sp³-hybridized carbons (Fsp3) is 0.367. The lowest BCUT2D eigenvalue weighted by Gasteiger charge is -2.30. The summed E-state index contributed by atoms with van der Waals surface area (Å²) in [5.41, 5.74) is 3.96. The summed E-state index contributed by atoms with van der Waals surface area (Å²) in [6.45, 7) is 10.1. The van der Waals surface area contributed by atoms with Crippen molar-refractivity contribution in [3.8, 4) is 22.6 Å². The highest BCUT2D eigenvalue weighted by atomic mass is 32.2. The maximum Gasteiger partial charge on any atom is 0.228 e. The Labute approximate surface area is 220 Å². The van der Waals surface area contributed by atoms with E-state index in [0.29, 0.717) is 42.3 Å². The Morgan fingerprint density at radius 2 is 1.64 bits per heavy atom. The molecule has 0 unspecified atom stereocenters. The first-order chi connectivity index (χ1) is 17.3. The van der Waals surface area contributed by atoms with E-state index < -0.39 is 0 Å². The van der Waals surface area contributed by atoms with E-state index in [1.54, 1.807) is 18.9 Å². The summed E-state index contributed by atoms with van der Waals surface area (Å²) in [6, 6.07) is 23.0. The van der Waals surface area contributed by atoms with Crippen LogP contribution in [0.25, 0.3) is 11.1 Å². The molecule has 5 nitrogen and oxygen atoms in total. The van der Waals surface area contributed by atoms with Gasteiger partial charge in [-0.25, -0.2) is 0 Å². The molecule has 0 aliphatic carbocycles. The van der Waals surface area contributed by atoms with Gasteiger partial charge in [0, 0.05) is 35.3 Å². The van der Waals surface area contributed by atoms with Gasteiger partial charge in [-0.3, -0.25) is 9.69 Å². The van der Waals surface area contributed by atoms with Crippen molar-refractivity contribution >= 4 is 23.4 Å². The Hall–Kier alpha value is -2.96. The molecular formula is C30H38N2O3S. The zero-order chi connectivity index (χ0) is 26.1. The molecular weight excluding hydrogens is 468 g/mol. The standard InChI is InChI=1S/C30H38N2O3S/c1-21(2)32(22(3)4)16-17-35-29-20-26(14-15-28(29)34-5)31-30(33)18-23-10-12-24(13-11-23)25-8-7-9-27(19-25)36-6/h7-15,19-22H,16-18H2,1-6H3,(H,31,33). The second-order valence-corrected chi connectivity index (χ2v) is 10.2. The molecule has 3 aromatic carbocycles. The summed E-state index contributed by atoms with van der Waals surface area (Å²) in [4.78, 5) is 16.4. The monoisotopic (exact) mass is 506 g/mol. The Balaban J connectivity index is 1.61. The number of benzene rings is 3. The minimum atomic E-state index is -0.0750. The van der Waals surface area contributed by atoms with Gasteiger partial charge in [-0.1, -0.05) is 36.4 Å². The van der Waals surface area contributed by atoms with Gasteiger partial charge in [0.1, 0.15) is 6.61 Å². The minimum Gasteiger partial charge on any atom is -0.493 e. The molecule has 0 saturated heterocycles. The SMILES string of the molecule is COc1ccc(NC(=O)Cc2ccc(-c3cccc(SC)c3)cc2)cc1OCCN(C(C)C)C(C)C. The molecule has 0 aliphatic heterocycles. The molecule has 3 rings (SSSR count). The van der Waals surface area contributed by atoms with Crippen molar-refractivity contribution in [1.29, 1.82) is 0 Å². The third-order valence-corrected chi connectivity index (χ3v) is 6.83. The molecule has 0 fully saturated rings. The fourth-order valence-corrected chi connectivity index (χ4v) is 4.71. The van der Waals surface area contributed by atoms with Crippen molar-refractivity contribution in [1.82, 2.24) is 4.90 Å². The molecule has 0 saturated carbocycles. The van der Waals surface area contributed by atoms with Crippen molar-refractivity contribution in [2.24, 2.45) is 0 Å². The van der Waals surface area contributed by atoms with Crippen LogP contribution in [-0.2, 0) is 11.2 Å². The highest BCUT2D eigenvalue weighted by Crippen LogP contribution is 2.30. The zero-order valence-electron chi connectivity index (χ0n) is 22.2. The van der Waals surface area contributed by atoms with Crippen molar-refractivity contribution in [3.63, 3.8) is 0 Å². The Morgan fingerprint density at radius 1 is 0.917 bits per heavy atom. The second kappa shape index (κ2) is 13.4. The largest absolute Gasteiger partial charge is 0.493 e. The number of carbonyl (C=O) groups is 1. The van der Waals surface area contributed by atoms with Gasteiger partial charge < -0.3 is 14.8 Å². The summed E-state index contributed by atoms with van der Waals surface area (Å²) in [5.74, 6) is 1.20. The molecule has 1 N–H and O–H groups in total. The Kier molecular flexibility index (Phi) is 10.3. The Bertz CT molecular complexity index is 1120. The van der Waals surface area contributed by atoms with Crippen LogP contribution < -0.4 is 14.8 Å². The predicted molar refractivity (Wildman–Crippen MR) is 151 cm³/mol. The van der Waals surface area contributed by atoms with Crippen molar-refractivity contribution in [2.45, 2.75) is 51.1 Å². The molecule has 1 amide bonds. The van der Waals surface area contributed by atoms with E-state index in [1.165, 1.54) is 10.5 Å². The molecule has 0 radical (unpaired) electrons. The number of carbonyl (C=O) groups excluding carboxylic acids is 1. The summed E-state index contributed by atoms with van der Waals surface area (Å²) in [5, 5.41) is 2.99. The maximum absolute atomic E-state index is 12.7. The van der Waals surface area contributed by atoms with Crippen molar-refractivity contribution in [3.05, 3.63) is 72.3 Å². The zero-order valence-corrected chi connectivity index (χ0v) is 23.0. The molecule has 3 aromatic rings. The lowest BCUT2D eigenvalue weighted by atomic mass is 10.0. The first kappa shape index (κ1) is 27.6. The van der Waals surface area contributed by atoms with Crippen LogP contribution >= 0.6 is 11.8 Å². The van der Waals surface area contributed by atoms with E-state index >= 15 is 0 Å². The summed E-state index contributed by atoms with van der Waals surface area (Å²) in [6.07, 6.45) is 2.37. The van der Waals surface area contributed by atoms with Gasteiger partial charge in [-0.15, -0.1) is 11.8 Å². The molecule has 192 valence electrons. The molecule has 0 spiro atoms. The van der Waals surface area contributed by atoms with E-state index in [4.69, 9.17) is 9.47 Å². The van der Waals surface area contributed by atoms with E-state index in [0.717, 1.165) is 17.7 Å². The average molecular weight is 507 g/mol. The van der Waals surface area contributed by atoms with Gasteiger partial charge >= 0.3 is 0 Å². The predicted octanol–water partition coefficient (Wildman–Crippen LogP) is 6.76. The second-order valence-electron chi connectivity index (χ2n) is 9.29. The smallest absolute Gasteiger partial charge is 0.228 e. The van der Waals surface area contributed by atoms with E-state index in [9.17, 15) is 4.79 Å². The molecule has 0 atom stereocenters. The van der Waals surface area contributed by atoms with E-state index in [-0.39, 0.29) is 5.91 Å². The van der Waals surface area contributed by atoms with Crippen LogP contribution in [0.15, 0.2) is 71.6 Å². The first-order valence-corrected chi connectivity index (χ1v) is 13.6. The van der Waals surface area contributed by atoms with Gasteiger partial charge in [-0.05, 0) is 74.9 Å². The number of thioether (sulfide) groups is 1. The van der Waals surface area contributed by atoms with Crippen molar-refractivity contribution in [2.75, 3.05) is 31.8 Å². The van der Waals surface area contributed by atoms with E-state index in [2.05, 4.69) is 80.6 Å². The van der Waals surface area contributed by atoms with Crippen LogP contribution in [0.3, 0.4) is 0 Å². The van der Waals surface area contributed by atoms with Gasteiger partial charge in [-0.2, -0.15) is 0 Å². The number of hydrogen-bond acceptors (Lipinski definition) is 5. The number of amides is 1. The average Bonchev–Trinajstić information content (AvgIpc) is 2.86. The lowest BCUT2D eigenvalue weighted by molar-refractivity contribution is -0.115. The number of methoxy groups -OCH3 is 1. The quantitative estimate of drug-likeness (QED) is 0.275. The molecule has 0 aliphatic rings. The van der Waals surface area contributed by atoms with Gasteiger partial charge in [0.2, 0.25) is 5.91 Å². The molecule has 0 heterocycles. The third kappa shape index (κ3) is 7.77. The third-order valence-electron chi connectivity index (χ3n) is 6.10. The lowest BCUT2D eigenvalue weighted by Crippen LogP contribution is -2.39. The number of nitrogens with one attached hydrogen (secondary N) is 1. The molecule has 6 heteroatoms. The van der Waals surface area contributed by atoms with Gasteiger partial charge in [0.15, 0.2) is 11.5 Å². The van der Waals surface area contributed by atoms with Crippen LogP contribution in [0.4, 0.5) is 5.69 Å². The maximum atomic E-state index is 12.7. The number of hydrogen-bond donors (Lipinski definition) is 1. The number of anilines is 1. The fourth-order valence-electron chi connectivity index (χ4n) is 4.25. The first-order valence-electron chi connectivity index (χ1n) is 12.4. The molecule has 0 aromatic heterocycles. The topological polar surface area (TPSA) is 50.8 Å². The summed E-state index contributed by atoms with van der Waals surface area (Å²) >= 11 is 1.73. The molecule has 0 bridgehead atoms. The van der Waals surface area contributed by atoms with Crippen LogP contribution in [0.2, 0.25) is 0 Å². The summed E-state index contributed by atoms with van der Waals surface area (Å²) < 4.78 is 11.5. The highest BCUT2D eigenvalue weighted by Gasteiger charge is 2.14. The number of ether oxygens (including phenoxy) is 2. The summed E-state index contributed by atoms with van der Waals surface area (Å²) in [7, 11) is 1.62. The normalized spacial score (nSPS) is 11.2. The Morgan fingerprint density at radius 3 is 2.28 bits per heavy atom. The van der Waals surface area contributed by atoms with Gasteiger partial charge in [0.05, 0.1) is 13.5 Å². The van der Waals surface area contributed by atoms with Gasteiger partial charge in [0.25, 0.3) is 0 Å². The van der Waals surface area contributed by atoms with Crippen LogP contribution in [0, 0.1) is 0 Å². The highest BCUT2D eigenvalue weighted by molar-refractivity contribution is 7.98. The van der Waals surface area contributed by atoms with E-state index in [1.807, 2.05) is 30.3 Å². The minimum absolute atomic E-state index is 0.0750. The van der Waals surface area contributed by atoms with Crippen LogP contribution in [0.5, 0.6) is 11.5 Å².